The van der Waals surface area contributed by atoms with Gasteiger partial charge in [0.05, 0.1) is 23.4 Å². The predicted molar refractivity (Wildman–Crippen MR) is 101 cm³/mol. The van der Waals surface area contributed by atoms with Crippen LogP contribution in [0.1, 0.15) is 47.8 Å². The summed E-state index contributed by atoms with van der Waals surface area (Å²) in [6.45, 7) is 3.63. The zero-order valence-corrected chi connectivity index (χ0v) is 15.5. The van der Waals surface area contributed by atoms with Crippen LogP contribution in [-0.4, -0.2) is 20.1 Å². The van der Waals surface area contributed by atoms with Crippen LogP contribution in [0.5, 0.6) is 0 Å². The van der Waals surface area contributed by atoms with Crippen molar-refractivity contribution in [1.29, 1.82) is 5.26 Å². The molecule has 6 nitrogen and oxygen atoms in total. The number of hydrogen-bond acceptors (Lipinski definition) is 4. The minimum Gasteiger partial charge on any atom is -0.346 e. The first-order valence-corrected chi connectivity index (χ1v) is 9.91. The van der Waals surface area contributed by atoms with Gasteiger partial charge >= 0.3 is 0 Å². The van der Waals surface area contributed by atoms with Crippen molar-refractivity contribution in [2.45, 2.75) is 26.3 Å². The molecule has 1 unspecified atom stereocenters. The summed E-state index contributed by atoms with van der Waals surface area (Å²) in [6.07, 6.45) is 0.512. The lowest BCUT2D eigenvalue weighted by Crippen LogP contribution is -2.26. The molecule has 0 radical (unpaired) electrons. The van der Waals surface area contributed by atoms with Crippen molar-refractivity contribution in [3.63, 3.8) is 0 Å². The van der Waals surface area contributed by atoms with Crippen molar-refractivity contribution in [2.75, 3.05) is 10.5 Å². The number of benzene rings is 2. The number of anilines is 1. The van der Waals surface area contributed by atoms with E-state index in [2.05, 4.69) is 16.1 Å². The lowest BCUT2D eigenvalue weighted by atomic mass is 10.1. The van der Waals surface area contributed by atoms with E-state index in [-0.39, 0.29) is 17.7 Å². The summed E-state index contributed by atoms with van der Waals surface area (Å²) < 4.78 is 26.2. The van der Waals surface area contributed by atoms with Crippen LogP contribution in [0, 0.1) is 11.3 Å². The second kappa shape index (κ2) is 8.50. The van der Waals surface area contributed by atoms with Gasteiger partial charge in [-0.1, -0.05) is 25.1 Å². The van der Waals surface area contributed by atoms with Crippen LogP contribution in [0.25, 0.3) is 0 Å². The molecule has 0 heterocycles. The van der Waals surface area contributed by atoms with E-state index in [1.54, 1.807) is 49.4 Å². The Morgan fingerprint density at radius 1 is 1.19 bits per heavy atom. The van der Waals surface area contributed by atoms with Crippen molar-refractivity contribution in [3.8, 4) is 6.07 Å². The van der Waals surface area contributed by atoms with Gasteiger partial charge in [-0.25, -0.2) is 8.42 Å². The molecule has 1 atom stereocenters. The highest BCUT2D eigenvalue weighted by atomic mass is 32.2. The summed E-state index contributed by atoms with van der Waals surface area (Å²) in [4.78, 5) is 12.5. The molecule has 0 aromatic heterocycles. The summed E-state index contributed by atoms with van der Waals surface area (Å²) in [5, 5.41) is 11.7. The molecular weight excluding hydrogens is 350 g/mol. The Labute approximate surface area is 153 Å². The predicted octanol–water partition coefficient (Wildman–Crippen LogP) is 3.20. The normalized spacial score (nSPS) is 12.0. The summed E-state index contributed by atoms with van der Waals surface area (Å²) in [7, 11) is -3.41. The van der Waals surface area contributed by atoms with Crippen molar-refractivity contribution >= 4 is 21.6 Å². The number of sulfonamides is 1. The number of carbonyl (C=O) groups excluding carboxylic acids is 1. The van der Waals surface area contributed by atoms with E-state index in [1.807, 2.05) is 6.92 Å². The van der Waals surface area contributed by atoms with Crippen LogP contribution in [0.4, 0.5) is 5.69 Å². The molecule has 2 rings (SSSR count). The molecule has 0 aliphatic rings. The van der Waals surface area contributed by atoms with Crippen LogP contribution in [-0.2, 0) is 10.0 Å². The van der Waals surface area contributed by atoms with E-state index in [1.165, 1.54) is 6.07 Å². The fourth-order valence-corrected chi connectivity index (χ4v) is 3.56. The van der Waals surface area contributed by atoms with E-state index in [0.717, 1.165) is 5.56 Å². The third-order valence-electron chi connectivity index (χ3n) is 3.76. The third kappa shape index (κ3) is 5.33. The zero-order valence-electron chi connectivity index (χ0n) is 14.7. The second-order valence-corrected chi connectivity index (χ2v) is 7.77. The van der Waals surface area contributed by atoms with Gasteiger partial charge in [-0.15, -0.1) is 0 Å². The molecule has 0 saturated heterocycles. The molecule has 26 heavy (non-hydrogen) atoms. The van der Waals surface area contributed by atoms with E-state index in [4.69, 9.17) is 5.26 Å². The van der Waals surface area contributed by atoms with Crippen LogP contribution in [0.15, 0.2) is 48.5 Å². The van der Waals surface area contributed by atoms with Gasteiger partial charge in [-0.05, 0) is 49.2 Å². The molecule has 0 aliphatic carbocycles. The SMILES string of the molecule is CCCS(=O)(=O)Nc1cccc(C(=O)NC(C)c2ccc(C#N)cc2)c1. The molecule has 0 fully saturated rings. The maximum absolute atomic E-state index is 12.5. The van der Waals surface area contributed by atoms with Crippen LogP contribution < -0.4 is 10.0 Å². The maximum atomic E-state index is 12.5. The Morgan fingerprint density at radius 2 is 1.88 bits per heavy atom. The van der Waals surface area contributed by atoms with E-state index >= 15 is 0 Å². The quantitative estimate of drug-likeness (QED) is 0.781. The largest absolute Gasteiger partial charge is 0.346 e. The third-order valence-corrected chi connectivity index (χ3v) is 5.25. The summed E-state index contributed by atoms with van der Waals surface area (Å²) >= 11 is 0. The molecule has 136 valence electrons. The van der Waals surface area contributed by atoms with Crippen molar-refractivity contribution in [3.05, 3.63) is 65.2 Å². The minimum absolute atomic E-state index is 0.0269. The first-order valence-electron chi connectivity index (χ1n) is 8.26. The van der Waals surface area contributed by atoms with Gasteiger partial charge in [0, 0.05) is 11.3 Å². The lowest BCUT2D eigenvalue weighted by molar-refractivity contribution is 0.0940. The molecule has 0 bridgehead atoms. The molecular formula is C19H21N3O3S. The fourth-order valence-electron chi connectivity index (χ4n) is 2.43. The van der Waals surface area contributed by atoms with Gasteiger partial charge < -0.3 is 5.32 Å². The Kier molecular flexibility index (Phi) is 6.36. The topological polar surface area (TPSA) is 99.1 Å². The van der Waals surface area contributed by atoms with Gasteiger partial charge in [0.25, 0.3) is 5.91 Å². The molecule has 2 aromatic rings. The Hall–Kier alpha value is -2.85. The first kappa shape index (κ1) is 19.5. The number of hydrogen-bond donors (Lipinski definition) is 2. The number of amides is 1. The van der Waals surface area contributed by atoms with Gasteiger partial charge in [-0.3, -0.25) is 9.52 Å². The van der Waals surface area contributed by atoms with Crippen LogP contribution in [0.3, 0.4) is 0 Å². The Morgan fingerprint density at radius 3 is 2.50 bits per heavy atom. The van der Waals surface area contributed by atoms with Crippen molar-refractivity contribution in [1.82, 2.24) is 5.32 Å². The number of nitriles is 1. The standard InChI is InChI=1S/C19H21N3O3S/c1-3-11-26(24,25)22-18-6-4-5-17(12-18)19(23)21-14(2)16-9-7-15(13-20)8-10-16/h4-10,12,14,22H,3,11H2,1-2H3,(H,21,23). The smallest absolute Gasteiger partial charge is 0.251 e. The fraction of sp³-hybridized carbons (Fsp3) is 0.263. The molecule has 2 N–H and O–H groups in total. The van der Waals surface area contributed by atoms with Crippen molar-refractivity contribution in [2.24, 2.45) is 0 Å². The number of carbonyl (C=O) groups is 1. The van der Waals surface area contributed by atoms with Crippen LogP contribution in [0.2, 0.25) is 0 Å². The summed E-state index contributed by atoms with van der Waals surface area (Å²) in [5.41, 5.74) is 2.15. The monoisotopic (exact) mass is 371 g/mol. The van der Waals surface area contributed by atoms with Crippen molar-refractivity contribution < 1.29 is 13.2 Å². The van der Waals surface area contributed by atoms with E-state index in [0.29, 0.717) is 23.2 Å². The molecule has 2 aromatic carbocycles. The minimum atomic E-state index is -3.41. The Bertz CT molecular complexity index is 916. The molecule has 0 aliphatic heterocycles. The van der Waals surface area contributed by atoms with Crippen LogP contribution >= 0.6 is 0 Å². The maximum Gasteiger partial charge on any atom is 0.251 e. The lowest BCUT2D eigenvalue weighted by Gasteiger charge is -2.15. The molecule has 0 spiro atoms. The van der Waals surface area contributed by atoms with Gasteiger partial charge in [-0.2, -0.15) is 5.26 Å². The highest BCUT2D eigenvalue weighted by molar-refractivity contribution is 7.92. The van der Waals surface area contributed by atoms with E-state index < -0.39 is 10.0 Å². The molecule has 0 saturated carbocycles. The zero-order chi connectivity index (χ0) is 19.2. The number of rotatable bonds is 7. The molecule has 7 heteroatoms. The summed E-state index contributed by atoms with van der Waals surface area (Å²) in [6, 6.07) is 15.1. The average molecular weight is 371 g/mol. The van der Waals surface area contributed by atoms with Gasteiger partial charge in [0.15, 0.2) is 0 Å². The number of nitrogens with zero attached hydrogens (tertiary/aromatic N) is 1. The first-order chi connectivity index (χ1) is 12.3. The highest BCUT2D eigenvalue weighted by Gasteiger charge is 2.14. The van der Waals surface area contributed by atoms with E-state index in [9.17, 15) is 13.2 Å². The van der Waals surface area contributed by atoms with Gasteiger partial charge in [0.2, 0.25) is 10.0 Å². The van der Waals surface area contributed by atoms with Gasteiger partial charge in [0.1, 0.15) is 0 Å². The number of nitrogens with one attached hydrogen (secondary N) is 2. The molecule has 1 amide bonds. The second-order valence-electron chi connectivity index (χ2n) is 5.93. The Balaban J connectivity index is 2.09. The highest BCUT2D eigenvalue weighted by Crippen LogP contribution is 2.16. The average Bonchev–Trinajstić information content (AvgIpc) is 2.61. The summed E-state index contributed by atoms with van der Waals surface area (Å²) in [5.74, 6) is -0.280.